The average Bonchev–Trinajstić information content (AvgIpc) is 2.73. The molecule has 0 aliphatic heterocycles. The SMILES string of the molecule is CCOC(=O)C(C)(C)n1nnc2cc(C)c(C)cc21. The third-order valence-electron chi connectivity index (χ3n) is 3.37. The van der Waals surface area contributed by atoms with Crippen molar-refractivity contribution in [1.29, 1.82) is 0 Å². The van der Waals surface area contributed by atoms with Crippen LogP contribution in [0.1, 0.15) is 31.9 Å². The van der Waals surface area contributed by atoms with Crippen LogP contribution in [0.5, 0.6) is 0 Å². The Kier molecular flexibility index (Phi) is 3.30. The van der Waals surface area contributed by atoms with Crippen LogP contribution in [0.4, 0.5) is 0 Å². The minimum Gasteiger partial charge on any atom is -0.464 e. The van der Waals surface area contributed by atoms with Gasteiger partial charge in [0, 0.05) is 0 Å². The Morgan fingerprint density at radius 3 is 2.58 bits per heavy atom. The predicted molar refractivity (Wildman–Crippen MR) is 73.0 cm³/mol. The van der Waals surface area contributed by atoms with E-state index in [1.807, 2.05) is 26.0 Å². The zero-order chi connectivity index (χ0) is 14.2. The molecule has 2 aromatic rings. The number of fused-ring (bicyclic) bond motifs is 1. The second-order valence-corrected chi connectivity index (χ2v) is 5.21. The molecule has 0 bridgehead atoms. The number of ether oxygens (including phenoxy) is 1. The summed E-state index contributed by atoms with van der Waals surface area (Å²) in [5, 5.41) is 8.25. The molecule has 0 saturated carbocycles. The van der Waals surface area contributed by atoms with E-state index in [9.17, 15) is 4.79 Å². The van der Waals surface area contributed by atoms with Gasteiger partial charge in [0.15, 0.2) is 5.54 Å². The van der Waals surface area contributed by atoms with E-state index in [1.165, 1.54) is 0 Å². The fourth-order valence-corrected chi connectivity index (χ4v) is 1.98. The predicted octanol–water partition coefficient (Wildman–Crippen LogP) is 2.35. The highest BCUT2D eigenvalue weighted by Gasteiger charge is 2.34. The van der Waals surface area contributed by atoms with Crippen LogP contribution >= 0.6 is 0 Å². The second kappa shape index (κ2) is 4.64. The van der Waals surface area contributed by atoms with E-state index in [-0.39, 0.29) is 5.97 Å². The van der Waals surface area contributed by atoms with Crippen molar-refractivity contribution in [3.63, 3.8) is 0 Å². The van der Waals surface area contributed by atoms with Gasteiger partial charge in [-0.3, -0.25) is 0 Å². The maximum Gasteiger partial charge on any atom is 0.333 e. The first-order valence-corrected chi connectivity index (χ1v) is 6.38. The van der Waals surface area contributed by atoms with Gasteiger partial charge in [0.25, 0.3) is 0 Å². The number of esters is 1. The Bertz CT molecular complexity index is 629. The smallest absolute Gasteiger partial charge is 0.333 e. The molecule has 5 nitrogen and oxygen atoms in total. The lowest BCUT2D eigenvalue weighted by Gasteiger charge is -2.23. The quantitative estimate of drug-likeness (QED) is 0.796. The third-order valence-corrected chi connectivity index (χ3v) is 3.37. The van der Waals surface area contributed by atoms with Crippen molar-refractivity contribution in [2.75, 3.05) is 6.61 Å². The molecule has 0 radical (unpaired) electrons. The molecule has 102 valence electrons. The zero-order valence-electron chi connectivity index (χ0n) is 12.0. The lowest BCUT2D eigenvalue weighted by atomic mass is 10.0. The Morgan fingerprint density at radius 2 is 1.95 bits per heavy atom. The van der Waals surface area contributed by atoms with E-state index in [4.69, 9.17) is 4.74 Å². The van der Waals surface area contributed by atoms with Crippen LogP contribution in [0.25, 0.3) is 11.0 Å². The van der Waals surface area contributed by atoms with Gasteiger partial charge in [0.1, 0.15) is 5.52 Å². The van der Waals surface area contributed by atoms with Crippen LogP contribution in [0.3, 0.4) is 0 Å². The highest BCUT2D eigenvalue weighted by atomic mass is 16.5. The molecule has 0 spiro atoms. The Hall–Kier alpha value is -1.91. The molecule has 0 saturated heterocycles. The van der Waals surface area contributed by atoms with Crippen molar-refractivity contribution in [2.45, 2.75) is 40.2 Å². The van der Waals surface area contributed by atoms with Crippen molar-refractivity contribution >= 4 is 17.0 Å². The minimum absolute atomic E-state index is 0.306. The molecule has 0 fully saturated rings. The fraction of sp³-hybridized carbons (Fsp3) is 0.500. The molecule has 5 heteroatoms. The van der Waals surface area contributed by atoms with Crippen molar-refractivity contribution in [3.8, 4) is 0 Å². The summed E-state index contributed by atoms with van der Waals surface area (Å²) >= 11 is 0. The maximum atomic E-state index is 12.0. The van der Waals surface area contributed by atoms with Crippen LogP contribution in [-0.4, -0.2) is 27.6 Å². The Labute approximate surface area is 112 Å². The van der Waals surface area contributed by atoms with E-state index in [0.29, 0.717) is 6.61 Å². The first-order chi connectivity index (χ1) is 8.87. The van der Waals surface area contributed by atoms with Crippen molar-refractivity contribution in [3.05, 3.63) is 23.3 Å². The lowest BCUT2D eigenvalue weighted by molar-refractivity contribution is -0.152. The highest BCUT2D eigenvalue weighted by Crippen LogP contribution is 2.24. The number of hydrogen-bond donors (Lipinski definition) is 0. The summed E-state index contributed by atoms with van der Waals surface area (Å²) in [7, 11) is 0. The zero-order valence-corrected chi connectivity index (χ0v) is 12.0. The molecule has 0 amide bonds. The second-order valence-electron chi connectivity index (χ2n) is 5.21. The van der Waals surface area contributed by atoms with Gasteiger partial charge in [-0.25, -0.2) is 9.48 Å². The number of nitrogens with zero attached hydrogens (tertiary/aromatic N) is 3. The van der Waals surface area contributed by atoms with Gasteiger partial charge in [-0.15, -0.1) is 5.10 Å². The van der Waals surface area contributed by atoms with Crippen molar-refractivity contribution in [1.82, 2.24) is 15.0 Å². The molecule has 0 N–H and O–H groups in total. The minimum atomic E-state index is -0.869. The molecule has 1 heterocycles. The maximum absolute atomic E-state index is 12.0. The van der Waals surface area contributed by atoms with E-state index in [2.05, 4.69) is 10.3 Å². The molecule has 19 heavy (non-hydrogen) atoms. The van der Waals surface area contributed by atoms with Crippen molar-refractivity contribution < 1.29 is 9.53 Å². The average molecular weight is 261 g/mol. The molecular weight excluding hydrogens is 242 g/mol. The van der Waals surface area contributed by atoms with E-state index in [1.54, 1.807) is 25.5 Å². The summed E-state index contributed by atoms with van der Waals surface area (Å²) in [6, 6.07) is 3.99. The van der Waals surface area contributed by atoms with Gasteiger partial charge in [-0.05, 0) is 57.9 Å². The largest absolute Gasteiger partial charge is 0.464 e. The Morgan fingerprint density at radius 1 is 1.32 bits per heavy atom. The third kappa shape index (κ3) is 2.20. The molecule has 2 rings (SSSR count). The standard InChI is InChI=1S/C14H19N3O2/c1-6-19-13(18)14(4,5)17-12-8-10(3)9(2)7-11(12)15-16-17/h7-8H,6H2,1-5H3. The van der Waals surface area contributed by atoms with Gasteiger partial charge in [-0.1, -0.05) is 5.21 Å². The normalized spacial score (nSPS) is 11.8. The van der Waals surface area contributed by atoms with Crippen LogP contribution < -0.4 is 0 Å². The number of carbonyl (C=O) groups is 1. The number of hydrogen-bond acceptors (Lipinski definition) is 4. The summed E-state index contributed by atoms with van der Waals surface area (Å²) in [4.78, 5) is 12.0. The van der Waals surface area contributed by atoms with Crippen LogP contribution in [0.2, 0.25) is 0 Å². The Balaban J connectivity index is 2.57. The van der Waals surface area contributed by atoms with Crippen LogP contribution in [0, 0.1) is 13.8 Å². The monoisotopic (exact) mass is 261 g/mol. The van der Waals surface area contributed by atoms with E-state index < -0.39 is 5.54 Å². The number of rotatable bonds is 3. The molecule has 0 atom stereocenters. The van der Waals surface area contributed by atoms with Crippen LogP contribution in [-0.2, 0) is 15.1 Å². The number of aryl methyl sites for hydroxylation is 2. The summed E-state index contributed by atoms with van der Waals surface area (Å²) in [5.74, 6) is -0.306. The van der Waals surface area contributed by atoms with Gasteiger partial charge in [0.05, 0.1) is 12.1 Å². The van der Waals surface area contributed by atoms with Gasteiger partial charge < -0.3 is 4.74 Å². The van der Waals surface area contributed by atoms with Crippen molar-refractivity contribution in [2.24, 2.45) is 0 Å². The number of aromatic nitrogens is 3. The number of carbonyl (C=O) groups excluding carboxylic acids is 1. The molecule has 0 unspecified atom stereocenters. The summed E-state index contributed by atoms with van der Waals surface area (Å²) in [6.45, 7) is 9.78. The molecule has 1 aromatic heterocycles. The topological polar surface area (TPSA) is 57.0 Å². The molecular formula is C14H19N3O2. The molecule has 1 aromatic carbocycles. The summed E-state index contributed by atoms with van der Waals surface area (Å²) in [6.07, 6.45) is 0. The van der Waals surface area contributed by atoms with Crippen LogP contribution in [0.15, 0.2) is 12.1 Å². The lowest BCUT2D eigenvalue weighted by Crippen LogP contribution is -2.38. The highest BCUT2D eigenvalue weighted by molar-refractivity contribution is 5.83. The molecule has 0 aliphatic rings. The van der Waals surface area contributed by atoms with Gasteiger partial charge in [0.2, 0.25) is 0 Å². The van der Waals surface area contributed by atoms with Gasteiger partial charge in [-0.2, -0.15) is 0 Å². The summed E-state index contributed by atoms with van der Waals surface area (Å²) in [5.41, 5.74) is 3.08. The fourth-order valence-electron chi connectivity index (χ4n) is 1.98. The van der Waals surface area contributed by atoms with Gasteiger partial charge >= 0.3 is 5.97 Å². The van der Waals surface area contributed by atoms with E-state index in [0.717, 1.165) is 22.2 Å². The first-order valence-electron chi connectivity index (χ1n) is 6.38. The first kappa shape index (κ1) is 13.5. The number of benzene rings is 1. The molecule has 0 aliphatic carbocycles. The summed E-state index contributed by atoms with van der Waals surface area (Å²) < 4.78 is 6.74. The van der Waals surface area contributed by atoms with E-state index >= 15 is 0 Å².